The second-order valence-corrected chi connectivity index (χ2v) is 1.45. The summed E-state index contributed by atoms with van der Waals surface area (Å²) in [5.41, 5.74) is 0. The van der Waals surface area contributed by atoms with Crippen LogP contribution in [-0.4, -0.2) is 69.8 Å². The summed E-state index contributed by atoms with van der Waals surface area (Å²) in [7, 11) is 0. The van der Waals surface area contributed by atoms with Crippen molar-refractivity contribution in [1.82, 2.24) is 0 Å². The summed E-state index contributed by atoms with van der Waals surface area (Å²) in [5, 5.41) is 0.245. The molecule has 0 N–H and O–H groups in total. The molecule has 4 heteroatoms. The molecule has 0 aromatic rings. The minimum absolute atomic E-state index is 0. The fourth-order valence-electron chi connectivity index (χ4n) is 0.277. The van der Waals surface area contributed by atoms with Gasteiger partial charge < -0.3 is 9.47 Å². The summed E-state index contributed by atoms with van der Waals surface area (Å²) in [5.74, 6) is 0. The first-order valence-electron chi connectivity index (χ1n) is 2.60. The third-order valence-corrected chi connectivity index (χ3v) is 0.760. The minimum atomic E-state index is 0. The maximum absolute atomic E-state index is 4.79. The second kappa shape index (κ2) is 9.33. The first-order chi connectivity index (χ1) is 3.81. The molecule has 0 radical (unpaired) electrons. The van der Waals surface area contributed by atoms with Gasteiger partial charge in [-0.2, -0.15) is 0 Å². The van der Waals surface area contributed by atoms with Crippen molar-refractivity contribution in [3.63, 3.8) is 0 Å². The fraction of sp³-hybridized carbons (Fsp3) is 0.800. The van der Waals surface area contributed by atoms with E-state index in [1.54, 1.807) is 0 Å². The van der Waals surface area contributed by atoms with Crippen LogP contribution in [0.25, 0.3) is 0 Å². The molecule has 50 valence electrons. The van der Waals surface area contributed by atoms with Crippen molar-refractivity contribution in [1.29, 1.82) is 0 Å². The molecule has 0 aliphatic carbocycles. The van der Waals surface area contributed by atoms with Gasteiger partial charge in [0.2, 0.25) is 0 Å². The molecule has 0 atom stereocenters. The molecule has 0 fully saturated rings. The third-order valence-electron chi connectivity index (χ3n) is 0.524. The van der Waals surface area contributed by atoms with Gasteiger partial charge in [0.25, 0.3) is 0 Å². The van der Waals surface area contributed by atoms with Gasteiger partial charge in [0.05, 0.1) is 13.2 Å². The van der Waals surface area contributed by atoms with Crippen molar-refractivity contribution in [2.75, 3.05) is 13.2 Å². The molecule has 0 bridgehead atoms. The van der Waals surface area contributed by atoms with E-state index in [1.807, 2.05) is 13.8 Å². The van der Waals surface area contributed by atoms with Crippen molar-refractivity contribution in [3.8, 4) is 0 Å². The molecule has 0 rings (SSSR count). The Balaban J connectivity index is 0. The van der Waals surface area contributed by atoms with Crippen molar-refractivity contribution in [2.24, 2.45) is 0 Å². The van der Waals surface area contributed by atoms with Gasteiger partial charge >= 0.3 is 56.6 Å². The monoisotopic (exact) mass is 174 g/mol. The second-order valence-electron chi connectivity index (χ2n) is 1.12. The molecule has 0 aliphatic rings. The van der Waals surface area contributed by atoms with Gasteiger partial charge in [-0.15, -0.1) is 0 Å². The van der Waals surface area contributed by atoms with Gasteiger partial charge in [-0.25, -0.2) is 0 Å². The number of thiocarbonyl (C=S) groups is 1. The summed E-state index contributed by atoms with van der Waals surface area (Å²) >= 11 is 4.61. The molecular formula is C5H11KO2S. The van der Waals surface area contributed by atoms with E-state index in [0.717, 1.165) is 0 Å². The average molecular weight is 174 g/mol. The van der Waals surface area contributed by atoms with E-state index in [2.05, 4.69) is 12.2 Å². The predicted molar refractivity (Wildman–Crippen MR) is 43.0 cm³/mol. The van der Waals surface area contributed by atoms with Crippen LogP contribution in [0.15, 0.2) is 0 Å². The third kappa shape index (κ3) is 9.33. The molecule has 0 aromatic heterocycles. The van der Waals surface area contributed by atoms with Gasteiger partial charge in [-0.3, -0.25) is 0 Å². The first kappa shape index (κ1) is 13.0. The molecule has 0 saturated heterocycles. The zero-order chi connectivity index (χ0) is 6.41. The van der Waals surface area contributed by atoms with Crippen LogP contribution in [0.2, 0.25) is 0 Å². The summed E-state index contributed by atoms with van der Waals surface area (Å²) in [6, 6.07) is 0. The van der Waals surface area contributed by atoms with Gasteiger partial charge in [-0.1, -0.05) is 0 Å². The van der Waals surface area contributed by atoms with Crippen molar-refractivity contribution >= 4 is 68.8 Å². The Morgan fingerprint density at radius 1 is 1.22 bits per heavy atom. The molecule has 0 heterocycles. The van der Waals surface area contributed by atoms with Crippen LogP contribution in [0, 0.1) is 0 Å². The summed E-state index contributed by atoms with van der Waals surface area (Å²) in [4.78, 5) is 0. The Hall–Kier alpha value is 1.33. The van der Waals surface area contributed by atoms with Crippen LogP contribution in [0.4, 0.5) is 0 Å². The van der Waals surface area contributed by atoms with Gasteiger partial charge in [0, 0.05) is 12.2 Å². The Morgan fingerprint density at radius 3 is 1.78 bits per heavy atom. The van der Waals surface area contributed by atoms with Crippen LogP contribution in [0.1, 0.15) is 13.8 Å². The Bertz CT molecular complexity index is 69.4. The first-order valence-corrected chi connectivity index (χ1v) is 3.01. The SMILES string of the molecule is CCOC(=S)OCC.[KH]. The van der Waals surface area contributed by atoms with E-state index in [1.165, 1.54) is 0 Å². The van der Waals surface area contributed by atoms with E-state index in [9.17, 15) is 0 Å². The van der Waals surface area contributed by atoms with Crippen LogP contribution < -0.4 is 0 Å². The van der Waals surface area contributed by atoms with E-state index in [-0.39, 0.29) is 56.6 Å². The Labute approximate surface area is 104 Å². The number of hydrogen-bond donors (Lipinski definition) is 0. The van der Waals surface area contributed by atoms with E-state index in [4.69, 9.17) is 9.47 Å². The fourth-order valence-corrected chi connectivity index (χ4v) is 0.513. The number of rotatable bonds is 2. The number of ether oxygens (including phenoxy) is 2. The average Bonchev–Trinajstić information content (AvgIpc) is 1.68. The van der Waals surface area contributed by atoms with Crippen LogP contribution >= 0.6 is 12.2 Å². The van der Waals surface area contributed by atoms with Gasteiger partial charge in [-0.05, 0) is 13.8 Å². The summed E-state index contributed by atoms with van der Waals surface area (Å²) < 4.78 is 9.58. The standard InChI is InChI=1S/C5H10O2S.K.H/c1-3-6-5(8)7-4-2;;/h3-4H2,1-2H3;;. The van der Waals surface area contributed by atoms with Crippen molar-refractivity contribution in [3.05, 3.63) is 0 Å². The molecule has 0 spiro atoms. The van der Waals surface area contributed by atoms with Crippen LogP contribution in [0.3, 0.4) is 0 Å². The molecule has 0 aliphatic heterocycles. The van der Waals surface area contributed by atoms with Gasteiger partial charge in [0.15, 0.2) is 0 Å². The van der Waals surface area contributed by atoms with Crippen LogP contribution in [0.5, 0.6) is 0 Å². The summed E-state index contributed by atoms with van der Waals surface area (Å²) in [6.45, 7) is 4.90. The molecule has 2 nitrogen and oxygen atoms in total. The quantitative estimate of drug-likeness (QED) is 0.453. The molecule has 0 aromatic carbocycles. The van der Waals surface area contributed by atoms with Crippen molar-refractivity contribution < 1.29 is 9.47 Å². The predicted octanol–water partition coefficient (Wildman–Crippen LogP) is 0.696. The maximum atomic E-state index is 4.79. The van der Waals surface area contributed by atoms with Crippen LogP contribution in [-0.2, 0) is 9.47 Å². The summed E-state index contributed by atoms with van der Waals surface area (Å²) in [6.07, 6.45) is 0. The zero-order valence-corrected chi connectivity index (χ0v) is 5.96. The number of hydrogen-bond acceptors (Lipinski definition) is 3. The van der Waals surface area contributed by atoms with E-state index < -0.39 is 0 Å². The topological polar surface area (TPSA) is 18.5 Å². The van der Waals surface area contributed by atoms with E-state index >= 15 is 0 Å². The zero-order valence-electron chi connectivity index (χ0n) is 5.14. The molecule has 0 amide bonds. The molecule has 0 unspecified atom stereocenters. The van der Waals surface area contributed by atoms with Gasteiger partial charge in [0.1, 0.15) is 0 Å². The Kier molecular flexibility index (Phi) is 13.4. The Morgan fingerprint density at radius 2 is 1.56 bits per heavy atom. The molecule has 9 heavy (non-hydrogen) atoms. The normalized spacial score (nSPS) is 7.33. The van der Waals surface area contributed by atoms with Crippen molar-refractivity contribution in [2.45, 2.75) is 13.8 Å². The molecular weight excluding hydrogens is 163 g/mol. The van der Waals surface area contributed by atoms with E-state index in [0.29, 0.717) is 13.2 Å². The molecule has 0 saturated carbocycles.